The fourth-order valence-corrected chi connectivity index (χ4v) is 10.1. The van der Waals surface area contributed by atoms with Crippen molar-refractivity contribution in [2.75, 3.05) is 19.8 Å². The van der Waals surface area contributed by atoms with Crippen LogP contribution in [0.15, 0.2) is 12.2 Å². The Morgan fingerprint density at radius 1 is 0.486 bits per heavy atom. The second kappa shape index (κ2) is 44.8. The van der Waals surface area contributed by atoms with E-state index in [1.54, 1.807) is 6.08 Å². The SMILES string of the molecule is CCC/C=C/C(O)C(COC1OC(CO)C(OC2OC(CO)C(O)C(O)C2O)C(O)C1O)NC(=O)CCCCCCCCCCCCCCCCCCCCCCCCCCCCCCCCCCCCC. The predicted octanol–water partition coefficient (Wildman–Crippen LogP) is 9.89. The van der Waals surface area contributed by atoms with Crippen molar-refractivity contribution in [2.45, 2.75) is 331 Å². The van der Waals surface area contributed by atoms with Crippen molar-refractivity contribution in [1.29, 1.82) is 0 Å². The number of carbonyl (C=O) groups excluding carboxylic acids is 1. The highest BCUT2D eigenvalue weighted by atomic mass is 16.7. The second-order valence-corrected chi connectivity index (χ2v) is 21.5. The molecule has 2 aliphatic heterocycles. The van der Waals surface area contributed by atoms with Crippen LogP contribution in [0.25, 0.3) is 0 Å². The zero-order valence-electron chi connectivity index (χ0n) is 45.7. The van der Waals surface area contributed by atoms with E-state index in [0.717, 1.165) is 32.1 Å². The van der Waals surface area contributed by atoms with Crippen LogP contribution in [0, 0.1) is 0 Å². The average Bonchev–Trinajstić information content (AvgIpc) is 3.38. The van der Waals surface area contributed by atoms with Gasteiger partial charge in [0.2, 0.25) is 5.91 Å². The van der Waals surface area contributed by atoms with Crippen molar-refractivity contribution in [3.05, 3.63) is 12.2 Å². The molecule has 1 amide bonds. The third-order valence-electron chi connectivity index (χ3n) is 15.0. The van der Waals surface area contributed by atoms with Gasteiger partial charge >= 0.3 is 0 Å². The molecule has 72 heavy (non-hydrogen) atoms. The number of allylic oxidation sites excluding steroid dienone is 1. The van der Waals surface area contributed by atoms with Gasteiger partial charge < -0.3 is 65.1 Å². The van der Waals surface area contributed by atoms with Crippen LogP contribution in [-0.2, 0) is 23.7 Å². The largest absolute Gasteiger partial charge is 0.394 e. The third kappa shape index (κ3) is 30.5. The lowest BCUT2D eigenvalue weighted by Crippen LogP contribution is -2.65. The lowest BCUT2D eigenvalue weighted by Gasteiger charge is -2.46. The van der Waals surface area contributed by atoms with Gasteiger partial charge in [0, 0.05) is 6.42 Å². The quantitative estimate of drug-likeness (QED) is 0.0205. The molecule has 14 nitrogen and oxygen atoms in total. The molecule has 2 heterocycles. The summed E-state index contributed by atoms with van der Waals surface area (Å²) >= 11 is 0. The minimum atomic E-state index is -1.78. The van der Waals surface area contributed by atoms with E-state index < -0.39 is 86.8 Å². The molecule has 0 aliphatic carbocycles. The van der Waals surface area contributed by atoms with E-state index in [2.05, 4.69) is 12.2 Å². The van der Waals surface area contributed by atoms with Gasteiger partial charge in [-0.05, 0) is 12.8 Å². The lowest BCUT2D eigenvalue weighted by atomic mass is 9.97. The van der Waals surface area contributed by atoms with Gasteiger partial charge in [-0.1, -0.05) is 251 Å². The summed E-state index contributed by atoms with van der Waals surface area (Å²) in [4.78, 5) is 13.0. The van der Waals surface area contributed by atoms with Crippen LogP contribution in [0.5, 0.6) is 0 Å². The van der Waals surface area contributed by atoms with Crippen molar-refractivity contribution >= 4 is 5.91 Å². The van der Waals surface area contributed by atoms with E-state index in [-0.39, 0.29) is 18.9 Å². The molecule has 0 radical (unpaired) electrons. The van der Waals surface area contributed by atoms with Crippen LogP contribution >= 0.6 is 0 Å². The summed E-state index contributed by atoms with van der Waals surface area (Å²) in [5.41, 5.74) is 0. The Labute approximate surface area is 437 Å². The van der Waals surface area contributed by atoms with Crippen molar-refractivity contribution in [3.8, 4) is 0 Å². The van der Waals surface area contributed by atoms with Gasteiger partial charge in [-0.2, -0.15) is 0 Å². The number of aliphatic hydroxyl groups excluding tert-OH is 8. The first-order chi connectivity index (χ1) is 35.1. The Morgan fingerprint density at radius 2 is 0.861 bits per heavy atom. The van der Waals surface area contributed by atoms with Crippen LogP contribution < -0.4 is 5.32 Å². The third-order valence-corrected chi connectivity index (χ3v) is 15.0. The van der Waals surface area contributed by atoms with Crippen LogP contribution in [0.1, 0.15) is 258 Å². The molecule has 0 spiro atoms. The summed E-state index contributed by atoms with van der Waals surface area (Å²) in [5, 5.41) is 86.0. The van der Waals surface area contributed by atoms with E-state index >= 15 is 0 Å². The van der Waals surface area contributed by atoms with E-state index in [1.165, 1.54) is 199 Å². The van der Waals surface area contributed by atoms with Crippen LogP contribution in [0.4, 0.5) is 0 Å². The summed E-state index contributed by atoms with van der Waals surface area (Å²) in [5.74, 6) is -0.246. The number of amides is 1. The van der Waals surface area contributed by atoms with Crippen molar-refractivity contribution in [1.82, 2.24) is 5.32 Å². The maximum Gasteiger partial charge on any atom is 0.220 e. The van der Waals surface area contributed by atoms with Gasteiger partial charge in [-0.15, -0.1) is 0 Å². The van der Waals surface area contributed by atoms with Gasteiger partial charge in [0.05, 0.1) is 32.0 Å². The molecule has 426 valence electrons. The highest BCUT2D eigenvalue weighted by Gasteiger charge is 2.51. The maximum atomic E-state index is 13.0. The summed E-state index contributed by atoms with van der Waals surface area (Å²) in [7, 11) is 0. The smallest absolute Gasteiger partial charge is 0.220 e. The Hall–Kier alpha value is -1.27. The first kappa shape index (κ1) is 66.8. The Kier molecular flexibility index (Phi) is 41.6. The molecule has 2 rings (SSSR count). The number of rotatable bonds is 48. The molecule has 2 saturated heterocycles. The Morgan fingerprint density at radius 3 is 1.25 bits per heavy atom. The number of nitrogens with one attached hydrogen (secondary N) is 1. The molecule has 9 N–H and O–H groups in total. The second-order valence-electron chi connectivity index (χ2n) is 21.5. The maximum absolute atomic E-state index is 13.0. The van der Waals surface area contributed by atoms with Crippen LogP contribution in [-0.4, -0.2) is 140 Å². The van der Waals surface area contributed by atoms with Crippen molar-refractivity contribution in [2.24, 2.45) is 0 Å². The van der Waals surface area contributed by atoms with E-state index in [4.69, 9.17) is 18.9 Å². The van der Waals surface area contributed by atoms with Crippen LogP contribution in [0.3, 0.4) is 0 Å². The molecule has 2 aliphatic rings. The first-order valence-electron chi connectivity index (χ1n) is 29.9. The van der Waals surface area contributed by atoms with Gasteiger partial charge in [-0.3, -0.25) is 4.79 Å². The molecule has 0 bridgehead atoms. The molecule has 0 saturated carbocycles. The number of carbonyl (C=O) groups is 1. The normalized spacial score (nSPS) is 25.6. The van der Waals surface area contributed by atoms with E-state index in [9.17, 15) is 45.6 Å². The fourth-order valence-electron chi connectivity index (χ4n) is 10.1. The zero-order valence-corrected chi connectivity index (χ0v) is 45.7. The summed E-state index contributed by atoms with van der Waals surface area (Å²) < 4.78 is 22.5. The minimum Gasteiger partial charge on any atom is -0.394 e. The van der Waals surface area contributed by atoms with E-state index in [1.807, 2.05) is 13.0 Å². The zero-order chi connectivity index (χ0) is 52.4. The van der Waals surface area contributed by atoms with Crippen molar-refractivity contribution in [3.63, 3.8) is 0 Å². The number of hydrogen-bond acceptors (Lipinski definition) is 13. The summed E-state index contributed by atoms with van der Waals surface area (Å²) in [6.45, 7) is 2.59. The number of ether oxygens (including phenoxy) is 4. The molecule has 2 fully saturated rings. The lowest BCUT2D eigenvalue weighted by molar-refractivity contribution is -0.359. The minimum absolute atomic E-state index is 0.246. The van der Waals surface area contributed by atoms with Gasteiger partial charge in [0.1, 0.15) is 48.8 Å². The van der Waals surface area contributed by atoms with Crippen LogP contribution in [0.2, 0.25) is 0 Å². The molecule has 14 heteroatoms. The predicted molar refractivity (Wildman–Crippen MR) is 286 cm³/mol. The molecule has 0 aromatic heterocycles. The molecular formula is C58H111NO13. The number of unbranched alkanes of at least 4 members (excludes halogenated alkanes) is 35. The molecule has 0 aromatic carbocycles. The van der Waals surface area contributed by atoms with Gasteiger partial charge in [0.25, 0.3) is 0 Å². The van der Waals surface area contributed by atoms with Gasteiger partial charge in [-0.25, -0.2) is 0 Å². The number of hydrogen-bond donors (Lipinski definition) is 9. The molecule has 12 atom stereocenters. The average molecular weight is 1030 g/mol. The summed E-state index contributed by atoms with van der Waals surface area (Å²) in [6, 6.07) is -0.905. The highest BCUT2D eigenvalue weighted by Crippen LogP contribution is 2.30. The summed E-state index contributed by atoms with van der Waals surface area (Å²) in [6.07, 6.45) is 35.7. The van der Waals surface area contributed by atoms with E-state index in [0.29, 0.717) is 6.42 Å². The highest BCUT2D eigenvalue weighted by molar-refractivity contribution is 5.76. The Bertz CT molecular complexity index is 1260. The fraction of sp³-hybridized carbons (Fsp3) is 0.948. The molecular weight excluding hydrogens is 919 g/mol. The molecule has 12 unspecified atom stereocenters. The Balaban J connectivity index is 1.45. The molecule has 0 aromatic rings. The van der Waals surface area contributed by atoms with Crippen molar-refractivity contribution < 1.29 is 64.6 Å². The monoisotopic (exact) mass is 1030 g/mol. The standard InChI is InChI=1S/C58H111NO13/c1-3-5-7-8-9-10-11-12-13-14-15-16-17-18-19-20-21-22-23-24-25-26-27-28-29-30-31-32-33-34-35-36-37-38-40-42-50(63)59-46(47(62)41-39-6-4-2)45-69-57-55(68)53(66)56(49(44-61)71-57)72-58-54(67)52(65)51(64)48(43-60)70-58/h39,41,46-49,51-58,60-62,64-68H,3-38,40,42-45H2,1-2H3,(H,59,63)/b41-39+. The first-order valence-corrected chi connectivity index (χ1v) is 29.9. The number of aliphatic hydroxyl groups is 8. The van der Waals surface area contributed by atoms with Gasteiger partial charge in [0.15, 0.2) is 12.6 Å². The topological polar surface area (TPSA) is 228 Å².